The number of benzene rings is 2. The molecule has 1 fully saturated rings. The predicted molar refractivity (Wildman–Crippen MR) is 130 cm³/mol. The Kier molecular flexibility index (Phi) is 8.55. The van der Waals surface area contributed by atoms with E-state index in [0.717, 1.165) is 16.7 Å². The summed E-state index contributed by atoms with van der Waals surface area (Å²) in [6.45, 7) is -0.739. The second-order valence-corrected chi connectivity index (χ2v) is 8.83. The van der Waals surface area contributed by atoms with E-state index in [4.69, 9.17) is 23.7 Å². The monoisotopic (exact) mass is 520 g/mol. The van der Waals surface area contributed by atoms with Gasteiger partial charge in [-0.1, -0.05) is 18.2 Å². The first-order chi connectivity index (χ1) is 17.8. The highest BCUT2D eigenvalue weighted by Gasteiger charge is 2.44. The third-order valence-corrected chi connectivity index (χ3v) is 6.58. The van der Waals surface area contributed by atoms with Gasteiger partial charge in [0.15, 0.2) is 29.3 Å². The highest BCUT2D eigenvalue weighted by molar-refractivity contribution is 5.62. The highest BCUT2D eigenvalue weighted by atomic mass is 16.7. The number of hydrogen-bond acceptors (Lipinski definition) is 11. The fourth-order valence-corrected chi connectivity index (χ4v) is 4.57. The zero-order valence-electron chi connectivity index (χ0n) is 20.4. The molecule has 2 heterocycles. The first-order valence-electron chi connectivity index (χ1n) is 11.8. The van der Waals surface area contributed by atoms with Crippen molar-refractivity contribution in [2.45, 2.75) is 42.7 Å². The average molecular weight is 521 g/mol. The molecule has 0 bridgehead atoms. The third kappa shape index (κ3) is 5.39. The lowest BCUT2D eigenvalue weighted by atomic mass is 9.90. The molecule has 0 radical (unpaired) electrons. The number of aliphatic hydroxyl groups is 5. The van der Waals surface area contributed by atoms with Gasteiger partial charge in [0.05, 0.1) is 40.0 Å². The van der Waals surface area contributed by atoms with Gasteiger partial charge in [-0.3, -0.25) is 0 Å². The summed E-state index contributed by atoms with van der Waals surface area (Å²) in [4.78, 5) is 0. The van der Waals surface area contributed by atoms with Gasteiger partial charge in [0.1, 0.15) is 30.5 Å². The number of ether oxygens (including phenoxy) is 5. The van der Waals surface area contributed by atoms with Gasteiger partial charge in [0.25, 0.3) is 0 Å². The maximum atomic E-state index is 10.2. The Morgan fingerprint density at radius 2 is 1.68 bits per heavy atom. The number of rotatable bonds is 9. The van der Waals surface area contributed by atoms with Crippen molar-refractivity contribution in [2.75, 3.05) is 34.0 Å². The van der Waals surface area contributed by atoms with Gasteiger partial charge in [-0.05, 0) is 35.4 Å². The van der Waals surface area contributed by atoms with Crippen molar-refractivity contribution in [2.24, 2.45) is 0 Å². The molecular formula is C26H32O11. The fraction of sp³-hybridized carbons (Fsp3) is 0.462. The minimum Gasteiger partial charge on any atom is -0.504 e. The quantitative estimate of drug-likeness (QED) is 0.272. The van der Waals surface area contributed by atoms with Crippen LogP contribution >= 0.6 is 0 Å². The molecule has 7 atom stereocenters. The van der Waals surface area contributed by atoms with Crippen LogP contribution in [-0.2, 0) is 9.47 Å². The smallest absolute Gasteiger partial charge is 0.187 e. The summed E-state index contributed by atoms with van der Waals surface area (Å²) in [5.41, 5.74) is 2.20. The van der Waals surface area contributed by atoms with Crippen LogP contribution in [-0.4, -0.2) is 95.4 Å². The number of methoxy groups -OCH3 is 2. The molecule has 0 amide bonds. The molecule has 6 N–H and O–H groups in total. The second-order valence-electron chi connectivity index (χ2n) is 8.83. The van der Waals surface area contributed by atoms with Crippen LogP contribution in [0.2, 0.25) is 0 Å². The first-order valence-corrected chi connectivity index (χ1v) is 11.8. The third-order valence-electron chi connectivity index (χ3n) is 6.58. The Hall–Kier alpha value is -2.90. The Bertz CT molecular complexity index is 1100. The van der Waals surface area contributed by atoms with E-state index < -0.39 is 49.3 Å². The normalized spacial score (nSPS) is 29.2. The van der Waals surface area contributed by atoms with Crippen LogP contribution in [0.25, 0.3) is 6.08 Å². The van der Waals surface area contributed by atoms with Crippen molar-refractivity contribution in [1.82, 2.24) is 0 Å². The molecule has 2 aromatic carbocycles. The molecule has 202 valence electrons. The van der Waals surface area contributed by atoms with Crippen molar-refractivity contribution in [1.29, 1.82) is 0 Å². The van der Waals surface area contributed by atoms with E-state index in [9.17, 15) is 30.6 Å². The molecule has 2 aliphatic heterocycles. The molecule has 2 aromatic rings. The van der Waals surface area contributed by atoms with Gasteiger partial charge in [0, 0.05) is 5.56 Å². The Morgan fingerprint density at radius 3 is 2.35 bits per heavy atom. The number of phenolic OH excluding ortho intramolecular Hbond substituents is 1. The maximum Gasteiger partial charge on any atom is 0.187 e. The van der Waals surface area contributed by atoms with E-state index in [1.54, 1.807) is 30.4 Å². The lowest BCUT2D eigenvalue weighted by Gasteiger charge is -2.39. The molecule has 0 unspecified atom stereocenters. The number of fused-ring (bicyclic) bond motifs is 1. The molecule has 11 heteroatoms. The number of phenols is 1. The molecular weight excluding hydrogens is 488 g/mol. The van der Waals surface area contributed by atoms with Crippen molar-refractivity contribution < 1.29 is 54.3 Å². The summed E-state index contributed by atoms with van der Waals surface area (Å²) in [6, 6.07) is 8.51. The predicted octanol–water partition coefficient (Wildman–Crippen LogP) is 0.449. The number of aromatic hydroxyl groups is 1. The van der Waals surface area contributed by atoms with Gasteiger partial charge < -0.3 is 54.3 Å². The lowest BCUT2D eigenvalue weighted by Crippen LogP contribution is -2.59. The standard InChI is InChI=1S/C26H32O11/c1-33-18-10-14(5-6-17(18)29)24-16(11-27)15-8-13(9-19(34-2)25(15)37-24)4-3-7-35-26-23(32)22(31)21(30)20(12-28)36-26/h3-6,8-10,16,20-24,26-32H,7,11-12H2,1-2H3/b4-3-/t16-,20+,21+,22-,23+,24+,26+/m0/s1. The summed E-state index contributed by atoms with van der Waals surface area (Å²) in [6.07, 6.45) is -3.86. The van der Waals surface area contributed by atoms with Crippen molar-refractivity contribution in [3.05, 3.63) is 53.1 Å². The van der Waals surface area contributed by atoms with E-state index >= 15 is 0 Å². The van der Waals surface area contributed by atoms with Gasteiger partial charge in [0.2, 0.25) is 0 Å². The molecule has 0 spiro atoms. The molecule has 4 rings (SSSR count). The molecule has 1 saturated heterocycles. The maximum absolute atomic E-state index is 10.2. The molecule has 37 heavy (non-hydrogen) atoms. The van der Waals surface area contributed by atoms with Crippen LogP contribution < -0.4 is 14.2 Å². The topological polar surface area (TPSA) is 168 Å². The Balaban J connectivity index is 1.50. The van der Waals surface area contributed by atoms with Crippen molar-refractivity contribution in [3.8, 4) is 23.0 Å². The summed E-state index contributed by atoms with van der Waals surface area (Å²) >= 11 is 0. The van der Waals surface area contributed by atoms with E-state index in [-0.39, 0.29) is 19.0 Å². The SMILES string of the molecule is COc1cc([C@H]2Oc3c(OC)cc(/C=C\CO[C@@H]4O[C@H](CO)[C@@H](O)[C@H](O)[C@H]4O)cc3[C@@H]2CO)ccc1O. The van der Waals surface area contributed by atoms with Crippen molar-refractivity contribution >= 4 is 6.08 Å². The minimum absolute atomic E-state index is 0.00162. The zero-order chi connectivity index (χ0) is 26.7. The van der Waals surface area contributed by atoms with Gasteiger partial charge in [-0.25, -0.2) is 0 Å². The average Bonchev–Trinajstić information content (AvgIpc) is 3.29. The van der Waals surface area contributed by atoms with E-state index in [1.807, 2.05) is 6.07 Å². The Morgan fingerprint density at radius 1 is 0.919 bits per heavy atom. The fourth-order valence-electron chi connectivity index (χ4n) is 4.57. The van der Waals surface area contributed by atoms with Crippen LogP contribution in [0.3, 0.4) is 0 Å². The molecule has 2 aliphatic rings. The summed E-state index contributed by atoms with van der Waals surface area (Å²) < 4.78 is 27.8. The molecule has 11 nitrogen and oxygen atoms in total. The summed E-state index contributed by atoms with van der Waals surface area (Å²) in [7, 11) is 2.97. The van der Waals surface area contributed by atoms with Crippen LogP contribution in [0.1, 0.15) is 28.7 Å². The molecule has 0 aliphatic carbocycles. The number of hydrogen-bond donors (Lipinski definition) is 6. The van der Waals surface area contributed by atoms with Crippen LogP contribution in [0.4, 0.5) is 0 Å². The minimum atomic E-state index is -1.52. The van der Waals surface area contributed by atoms with E-state index in [1.165, 1.54) is 20.3 Å². The molecule has 0 aromatic heterocycles. The largest absolute Gasteiger partial charge is 0.504 e. The van der Waals surface area contributed by atoms with E-state index in [0.29, 0.717) is 17.2 Å². The first kappa shape index (κ1) is 27.1. The highest BCUT2D eigenvalue weighted by Crippen LogP contribution is 2.51. The van der Waals surface area contributed by atoms with Crippen LogP contribution in [0, 0.1) is 0 Å². The molecule has 0 saturated carbocycles. The van der Waals surface area contributed by atoms with Gasteiger partial charge in [-0.2, -0.15) is 0 Å². The van der Waals surface area contributed by atoms with Gasteiger partial charge >= 0.3 is 0 Å². The van der Waals surface area contributed by atoms with Crippen molar-refractivity contribution in [3.63, 3.8) is 0 Å². The lowest BCUT2D eigenvalue weighted by molar-refractivity contribution is -0.298. The summed E-state index contributed by atoms with van der Waals surface area (Å²) in [5, 5.41) is 59.3. The summed E-state index contributed by atoms with van der Waals surface area (Å²) in [5.74, 6) is 0.867. The van der Waals surface area contributed by atoms with Gasteiger partial charge in [-0.15, -0.1) is 0 Å². The second kappa shape index (κ2) is 11.7. The van der Waals surface area contributed by atoms with Crippen LogP contribution in [0.5, 0.6) is 23.0 Å². The number of aliphatic hydroxyl groups excluding tert-OH is 5. The van der Waals surface area contributed by atoms with E-state index in [2.05, 4.69) is 0 Å². The zero-order valence-corrected chi connectivity index (χ0v) is 20.4. The Labute approximate surface area is 213 Å². The van der Waals surface area contributed by atoms with Crippen LogP contribution in [0.15, 0.2) is 36.4 Å².